The van der Waals surface area contributed by atoms with Crippen LogP contribution in [0.25, 0.3) is 5.70 Å². The van der Waals surface area contributed by atoms with E-state index < -0.39 is 0 Å². The molecule has 0 spiro atoms. The Labute approximate surface area is 134 Å². The van der Waals surface area contributed by atoms with Gasteiger partial charge in [-0.15, -0.1) is 23.7 Å². The number of allylic oxidation sites excluding steroid dienone is 1. The Hall–Kier alpha value is -0.186. The largest absolute Gasteiger partial charge is 0.508 e. The third-order valence-electron chi connectivity index (χ3n) is 2.55. The van der Waals surface area contributed by atoms with Crippen molar-refractivity contribution in [1.82, 2.24) is 4.90 Å². The smallest absolute Gasteiger partial charge is 0.222 e. The van der Waals surface area contributed by atoms with Crippen molar-refractivity contribution in [3.05, 3.63) is 34.3 Å². The number of nitrogens with zero attached hydrogens (tertiary/aromatic N) is 1. The maximum absolute atomic E-state index is 11.6. The molecule has 87 valence electrons. The van der Waals surface area contributed by atoms with Gasteiger partial charge in [-0.2, -0.15) is 0 Å². The number of rotatable bonds is 1. The molecule has 2 rings (SSSR count). The Morgan fingerprint density at radius 2 is 2.18 bits per heavy atom. The summed E-state index contributed by atoms with van der Waals surface area (Å²) >= 11 is 3.37. The third-order valence-corrected chi connectivity index (χ3v) is 3.20. The van der Waals surface area contributed by atoms with Crippen LogP contribution in [0.4, 0.5) is 0 Å². The molecule has 0 atom stereocenters. The van der Waals surface area contributed by atoms with Gasteiger partial charge in [-0.05, 0) is 12.1 Å². The first-order chi connectivity index (χ1) is 7.59. The summed E-state index contributed by atoms with van der Waals surface area (Å²) in [6, 6.07) is 4.98. The van der Waals surface area contributed by atoms with Crippen molar-refractivity contribution in [2.75, 3.05) is 7.05 Å². The van der Waals surface area contributed by atoms with Gasteiger partial charge in [0.05, 0.1) is 0 Å². The van der Waals surface area contributed by atoms with Gasteiger partial charge in [-0.1, -0.05) is 20.4 Å². The number of hydrogen-bond acceptors (Lipinski definition) is 2. The van der Waals surface area contributed by atoms with E-state index in [1.165, 1.54) is 0 Å². The predicted octanol–water partition coefficient (Wildman–Crippen LogP) is 2.55. The van der Waals surface area contributed by atoms with Gasteiger partial charge >= 0.3 is 0 Å². The number of carbonyl (C=O) groups excluding carboxylic acids is 1. The summed E-state index contributed by atoms with van der Waals surface area (Å²) in [6.45, 7) is 0. The van der Waals surface area contributed by atoms with Crippen molar-refractivity contribution in [3.63, 3.8) is 0 Å². The van der Waals surface area contributed by atoms with Crippen LogP contribution in [-0.2, 0) is 37.5 Å². The fourth-order valence-electron chi connectivity index (χ4n) is 1.67. The Kier molecular flexibility index (Phi) is 5.35. The summed E-state index contributed by atoms with van der Waals surface area (Å²) in [4.78, 5) is 13.2. The molecule has 1 aliphatic rings. The van der Waals surface area contributed by atoms with E-state index >= 15 is 0 Å². The Bertz CT molecular complexity index is 474. The fourth-order valence-corrected chi connectivity index (χ4v) is 2.23. The van der Waals surface area contributed by atoms with E-state index in [1.54, 1.807) is 30.1 Å². The van der Waals surface area contributed by atoms with Crippen molar-refractivity contribution in [2.45, 2.75) is 12.8 Å². The molecule has 1 heterocycles. The molecule has 1 aliphatic heterocycles. The second-order valence-electron chi connectivity index (χ2n) is 3.64. The van der Waals surface area contributed by atoms with Crippen molar-refractivity contribution in [2.24, 2.45) is 0 Å². The molecule has 0 saturated carbocycles. The van der Waals surface area contributed by atoms with E-state index in [9.17, 15) is 9.90 Å². The van der Waals surface area contributed by atoms with Gasteiger partial charge in [0.25, 0.3) is 0 Å². The van der Waals surface area contributed by atoms with E-state index in [0.717, 1.165) is 15.7 Å². The number of carbonyl (C=O) groups is 1. The molecule has 5 heteroatoms. The van der Waals surface area contributed by atoms with Gasteiger partial charge in [0.2, 0.25) is 5.91 Å². The minimum absolute atomic E-state index is 0. The van der Waals surface area contributed by atoms with Gasteiger partial charge in [-0.25, -0.2) is 6.08 Å². The third kappa shape index (κ3) is 3.18. The topological polar surface area (TPSA) is 40.5 Å². The van der Waals surface area contributed by atoms with Crippen LogP contribution in [0, 0.1) is 6.08 Å². The normalized spacial score (nSPS) is 15.3. The zero-order valence-corrected chi connectivity index (χ0v) is 13.8. The molecule has 1 radical (unpaired) electrons. The minimum atomic E-state index is 0. The van der Waals surface area contributed by atoms with Crippen LogP contribution in [0.3, 0.4) is 0 Å². The molecule has 1 amide bonds. The van der Waals surface area contributed by atoms with Crippen LogP contribution < -0.4 is 0 Å². The van der Waals surface area contributed by atoms with Gasteiger partial charge in [-0.3, -0.25) is 4.79 Å². The van der Waals surface area contributed by atoms with Crippen molar-refractivity contribution in [3.8, 4) is 5.75 Å². The number of aromatic hydroxyl groups is 1. The molecular formula is C12H11BrNO2Y-. The molecule has 1 N–H and O–H groups in total. The number of hydrogen-bond donors (Lipinski definition) is 1. The molecule has 0 bridgehead atoms. The zero-order chi connectivity index (χ0) is 11.7. The summed E-state index contributed by atoms with van der Waals surface area (Å²) < 4.78 is 0.761. The number of amides is 1. The number of benzene rings is 1. The van der Waals surface area contributed by atoms with Crippen LogP contribution in [0.1, 0.15) is 18.4 Å². The molecule has 1 aromatic rings. The summed E-state index contributed by atoms with van der Waals surface area (Å²) in [6.07, 6.45) is 4.34. The average Bonchev–Trinajstić information content (AvgIpc) is 2.23. The average molecular weight is 370 g/mol. The van der Waals surface area contributed by atoms with Crippen LogP contribution in [-0.4, -0.2) is 23.0 Å². The molecule has 0 unspecified atom stereocenters. The summed E-state index contributed by atoms with van der Waals surface area (Å²) in [5.41, 5.74) is 1.64. The van der Waals surface area contributed by atoms with Crippen molar-refractivity contribution in [1.29, 1.82) is 0 Å². The van der Waals surface area contributed by atoms with E-state index in [4.69, 9.17) is 0 Å². The van der Waals surface area contributed by atoms with Crippen LogP contribution in [0.2, 0.25) is 0 Å². The van der Waals surface area contributed by atoms with Crippen LogP contribution in [0.15, 0.2) is 22.7 Å². The number of phenolic OH excluding ortho intramolecular Hbond substituents is 1. The first-order valence-electron chi connectivity index (χ1n) is 4.96. The summed E-state index contributed by atoms with van der Waals surface area (Å²) in [7, 11) is 1.74. The number of halogens is 1. The quantitative estimate of drug-likeness (QED) is 0.773. The summed E-state index contributed by atoms with van der Waals surface area (Å²) in [5, 5.41) is 9.31. The standard InChI is InChI=1S/C12H11BrNO2.Y/c1-14-11(3-2-4-12(14)16)9-6-5-8(15)7-10(9)13;/h5-7,15H,2,4H2,1H3;/q-1;. The van der Waals surface area contributed by atoms with Gasteiger partial charge < -0.3 is 10.0 Å². The SMILES string of the molecule is CN1C(=O)CC[C-]=C1c1ccc(O)cc1Br.[Y]. The Morgan fingerprint density at radius 3 is 2.82 bits per heavy atom. The summed E-state index contributed by atoms with van der Waals surface area (Å²) in [5.74, 6) is 0.287. The van der Waals surface area contributed by atoms with E-state index in [0.29, 0.717) is 12.8 Å². The van der Waals surface area contributed by atoms with Crippen LogP contribution >= 0.6 is 15.9 Å². The Morgan fingerprint density at radius 1 is 1.47 bits per heavy atom. The first kappa shape index (κ1) is 14.9. The molecular weight excluding hydrogens is 359 g/mol. The van der Waals surface area contributed by atoms with Crippen molar-refractivity contribution >= 4 is 27.5 Å². The molecule has 1 aromatic carbocycles. The van der Waals surface area contributed by atoms with Crippen molar-refractivity contribution < 1.29 is 42.6 Å². The second-order valence-corrected chi connectivity index (χ2v) is 4.50. The zero-order valence-electron chi connectivity index (χ0n) is 9.40. The van der Waals surface area contributed by atoms with Gasteiger partial charge in [0.15, 0.2) is 0 Å². The Balaban J connectivity index is 0.00000144. The maximum Gasteiger partial charge on any atom is 0.222 e. The molecule has 0 aromatic heterocycles. The monoisotopic (exact) mass is 369 g/mol. The van der Waals surface area contributed by atoms with Crippen LogP contribution in [0.5, 0.6) is 5.75 Å². The van der Waals surface area contributed by atoms with E-state index in [1.807, 2.05) is 0 Å². The fraction of sp³-hybridized carbons (Fsp3) is 0.250. The van der Waals surface area contributed by atoms with Gasteiger partial charge in [0.1, 0.15) is 5.75 Å². The number of phenols is 1. The predicted molar refractivity (Wildman–Crippen MR) is 64.5 cm³/mol. The molecule has 0 aliphatic carbocycles. The molecule has 0 saturated heterocycles. The minimum Gasteiger partial charge on any atom is -0.508 e. The van der Waals surface area contributed by atoms with E-state index in [2.05, 4.69) is 22.0 Å². The molecule has 17 heavy (non-hydrogen) atoms. The molecule has 3 nitrogen and oxygen atoms in total. The molecule has 0 fully saturated rings. The maximum atomic E-state index is 11.6. The first-order valence-corrected chi connectivity index (χ1v) is 5.75. The van der Waals surface area contributed by atoms with E-state index in [-0.39, 0.29) is 44.4 Å². The van der Waals surface area contributed by atoms with Gasteiger partial charge in [0, 0.05) is 46.2 Å². The second kappa shape index (κ2) is 6.12.